The maximum absolute atomic E-state index is 5.94. The van der Waals surface area contributed by atoms with Crippen molar-refractivity contribution in [2.24, 2.45) is 10.9 Å². The zero-order valence-electron chi connectivity index (χ0n) is 19.9. The van der Waals surface area contributed by atoms with Crippen molar-refractivity contribution in [2.45, 2.75) is 27.2 Å². The molecular weight excluding hydrogens is 611 g/mol. The molecule has 0 bridgehead atoms. The van der Waals surface area contributed by atoms with Gasteiger partial charge in [-0.25, -0.2) is 4.98 Å². The van der Waals surface area contributed by atoms with Crippen molar-refractivity contribution in [1.82, 2.24) is 9.97 Å². The van der Waals surface area contributed by atoms with Gasteiger partial charge in [-0.15, -0.1) is 54.1 Å². The van der Waals surface area contributed by atoms with Gasteiger partial charge < -0.3 is 14.4 Å². The molecule has 1 atom stereocenters. The quantitative estimate of drug-likeness (QED) is 0.191. The van der Waals surface area contributed by atoms with Crippen molar-refractivity contribution in [3.8, 4) is 11.3 Å². The van der Waals surface area contributed by atoms with Gasteiger partial charge in [0.15, 0.2) is 0 Å². The molecule has 1 aliphatic heterocycles. The number of rotatable bonds is 2. The first-order valence-corrected chi connectivity index (χ1v) is 11.4. The Morgan fingerprint density at radius 1 is 0.914 bits per heavy atom. The number of hydrogen-bond donors (Lipinski definition) is 0. The first-order valence-electron chi connectivity index (χ1n) is 11.4. The Balaban J connectivity index is 0.000000171. The van der Waals surface area contributed by atoms with Gasteiger partial charge in [0.1, 0.15) is 0 Å². The third-order valence-electron chi connectivity index (χ3n) is 6.08. The van der Waals surface area contributed by atoms with E-state index in [-0.39, 0.29) is 20.1 Å². The van der Waals surface area contributed by atoms with Gasteiger partial charge in [0, 0.05) is 43.6 Å². The smallest absolute Gasteiger partial charge is 0.216 e. The predicted octanol–water partition coefficient (Wildman–Crippen LogP) is 7.37. The van der Waals surface area contributed by atoms with E-state index in [2.05, 4.69) is 47.0 Å². The van der Waals surface area contributed by atoms with Crippen LogP contribution in [0.4, 0.5) is 0 Å². The van der Waals surface area contributed by atoms with Crippen molar-refractivity contribution in [3.05, 3.63) is 108 Å². The fourth-order valence-corrected chi connectivity index (χ4v) is 3.98. The van der Waals surface area contributed by atoms with Crippen molar-refractivity contribution in [2.75, 3.05) is 0 Å². The molecule has 6 rings (SSSR count). The largest absolute Gasteiger partial charge is 0.486 e. The number of aromatic nitrogens is 2. The number of fused-ring (bicyclic) bond motifs is 3. The van der Waals surface area contributed by atoms with Crippen molar-refractivity contribution in [1.29, 1.82) is 0 Å². The Hall–Kier alpha value is -3.40. The third-order valence-corrected chi connectivity index (χ3v) is 6.08. The van der Waals surface area contributed by atoms with Gasteiger partial charge in [-0.1, -0.05) is 35.6 Å². The van der Waals surface area contributed by atoms with Gasteiger partial charge in [-0.2, -0.15) is 0 Å². The minimum atomic E-state index is 0. The van der Waals surface area contributed by atoms with E-state index < -0.39 is 0 Å². The van der Waals surface area contributed by atoms with Crippen LogP contribution in [0.5, 0.6) is 0 Å². The molecule has 1 unspecified atom stereocenters. The number of nitrogens with zero attached hydrogens (tertiary/aromatic N) is 3. The van der Waals surface area contributed by atoms with Crippen LogP contribution in [0.25, 0.3) is 33.3 Å². The van der Waals surface area contributed by atoms with Crippen LogP contribution in [0.15, 0.2) is 94.1 Å². The fourth-order valence-electron chi connectivity index (χ4n) is 3.98. The SMILES string of the molecule is CC1=CN=C(c2[c-]cccc2)CC1C.Cc1ccc2c(n1)oc1c(-c3ccccn3)[c-]ccc12.[Ir]. The number of hydrogen-bond acceptors (Lipinski definition) is 4. The van der Waals surface area contributed by atoms with Crippen LogP contribution in [0, 0.1) is 25.0 Å². The van der Waals surface area contributed by atoms with E-state index in [9.17, 15) is 0 Å². The molecule has 0 aliphatic carbocycles. The zero-order chi connectivity index (χ0) is 23.5. The molecule has 1 aliphatic rings. The van der Waals surface area contributed by atoms with E-state index in [1.807, 2.05) is 73.8 Å². The summed E-state index contributed by atoms with van der Waals surface area (Å²) >= 11 is 0. The molecular formula is C30H25IrN3O-2. The Bertz CT molecular complexity index is 1500. The van der Waals surface area contributed by atoms with Crippen LogP contribution in [-0.2, 0) is 20.1 Å². The van der Waals surface area contributed by atoms with Gasteiger partial charge in [0.05, 0.1) is 5.58 Å². The standard InChI is InChI=1S/C17H11N2O.C13H14N.Ir/c1-11-8-9-13-12-5-4-6-14(15-7-2-3-10-18-15)16(12)20-17(13)19-11;1-10-8-13(14-9-11(10)2)12-6-4-3-5-7-12;/h2-5,7-10H,1H3;3-6,9-10H,8H2,1-2H3;/q2*-1;. The molecule has 5 heteroatoms. The van der Waals surface area contributed by atoms with Gasteiger partial charge in [0.2, 0.25) is 5.71 Å². The van der Waals surface area contributed by atoms with E-state index in [0.29, 0.717) is 11.6 Å². The molecule has 4 nitrogen and oxygen atoms in total. The third kappa shape index (κ3) is 5.32. The summed E-state index contributed by atoms with van der Waals surface area (Å²) in [5, 5.41) is 2.07. The molecule has 177 valence electrons. The van der Waals surface area contributed by atoms with Gasteiger partial charge in [0.25, 0.3) is 0 Å². The van der Waals surface area contributed by atoms with Crippen LogP contribution in [-0.4, -0.2) is 15.7 Å². The van der Waals surface area contributed by atoms with E-state index >= 15 is 0 Å². The Labute approximate surface area is 219 Å². The average Bonchev–Trinajstić information content (AvgIpc) is 3.25. The Morgan fingerprint density at radius 2 is 1.77 bits per heavy atom. The van der Waals surface area contributed by atoms with Crippen LogP contribution in [0.1, 0.15) is 31.5 Å². The second-order valence-electron chi connectivity index (χ2n) is 8.55. The maximum Gasteiger partial charge on any atom is 0.216 e. The van der Waals surface area contributed by atoms with Gasteiger partial charge in [-0.3, -0.25) is 0 Å². The second-order valence-corrected chi connectivity index (χ2v) is 8.55. The molecule has 0 saturated carbocycles. The molecule has 3 aromatic heterocycles. The molecule has 1 radical (unpaired) electrons. The number of aliphatic imine (C=N–C) groups is 1. The number of benzene rings is 2. The van der Waals surface area contributed by atoms with E-state index in [1.165, 1.54) is 5.57 Å². The Kier molecular flexibility index (Phi) is 7.70. The summed E-state index contributed by atoms with van der Waals surface area (Å²) in [4.78, 5) is 13.3. The Morgan fingerprint density at radius 3 is 2.51 bits per heavy atom. The van der Waals surface area contributed by atoms with E-state index in [0.717, 1.165) is 51.0 Å². The van der Waals surface area contributed by atoms with E-state index in [1.54, 1.807) is 6.20 Å². The summed E-state index contributed by atoms with van der Waals surface area (Å²) < 4.78 is 5.94. The molecule has 0 spiro atoms. The van der Waals surface area contributed by atoms with Crippen molar-refractivity contribution >= 4 is 27.8 Å². The first kappa shape index (κ1) is 24.7. The molecule has 0 amide bonds. The summed E-state index contributed by atoms with van der Waals surface area (Å²) in [6.45, 7) is 6.33. The maximum atomic E-state index is 5.94. The van der Waals surface area contributed by atoms with Crippen LogP contribution in [0.2, 0.25) is 0 Å². The number of allylic oxidation sites excluding steroid dienone is 1. The fraction of sp³-hybridized carbons (Fsp3) is 0.167. The zero-order valence-corrected chi connectivity index (χ0v) is 22.3. The second kappa shape index (κ2) is 10.9. The summed E-state index contributed by atoms with van der Waals surface area (Å²) in [7, 11) is 0. The predicted molar refractivity (Wildman–Crippen MR) is 138 cm³/mol. The van der Waals surface area contributed by atoms with E-state index in [4.69, 9.17) is 4.42 Å². The topological polar surface area (TPSA) is 51.3 Å². The van der Waals surface area contributed by atoms with Gasteiger partial charge >= 0.3 is 0 Å². The monoisotopic (exact) mass is 636 g/mol. The van der Waals surface area contributed by atoms with Crippen molar-refractivity contribution < 1.29 is 24.5 Å². The van der Waals surface area contributed by atoms with Crippen molar-refractivity contribution in [3.63, 3.8) is 0 Å². The summed E-state index contributed by atoms with van der Waals surface area (Å²) in [6, 6.07) is 28.2. The van der Waals surface area contributed by atoms with Crippen LogP contribution in [0.3, 0.4) is 0 Å². The summed E-state index contributed by atoms with van der Waals surface area (Å²) in [6.07, 6.45) is 4.78. The molecule has 0 fully saturated rings. The van der Waals surface area contributed by atoms with Crippen LogP contribution >= 0.6 is 0 Å². The normalized spacial score (nSPS) is 15.0. The number of furan rings is 1. The summed E-state index contributed by atoms with van der Waals surface area (Å²) in [5.41, 5.74) is 7.78. The molecule has 0 N–H and O–H groups in total. The minimum absolute atomic E-state index is 0. The molecule has 5 aromatic rings. The minimum Gasteiger partial charge on any atom is -0.486 e. The van der Waals surface area contributed by atoms with Gasteiger partial charge in [-0.05, 0) is 55.8 Å². The average molecular weight is 636 g/mol. The molecule has 0 saturated heterocycles. The number of aryl methyl sites for hydroxylation is 1. The van der Waals surface area contributed by atoms with Crippen LogP contribution < -0.4 is 0 Å². The number of pyridine rings is 2. The molecule has 2 aromatic carbocycles. The molecule has 4 heterocycles. The molecule has 35 heavy (non-hydrogen) atoms. The first-order chi connectivity index (χ1) is 16.6. The summed E-state index contributed by atoms with van der Waals surface area (Å²) in [5.74, 6) is 0.608.